The van der Waals surface area contributed by atoms with Crippen LogP contribution in [0.1, 0.15) is 40.9 Å². The summed E-state index contributed by atoms with van der Waals surface area (Å²) in [4.78, 5) is 43.5. The number of hydrogen-bond acceptors (Lipinski definition) is 4. The average Bonchev–Trinajstić information content (AvgIpc) is 2.59. The van der Waals surface area contributed by atoms with Crippen molar-refractivity contribution in [2.75, 3.05) is 26.2 Å². The molecule has 0 aliphatic carbocycles. The van der Waals surface area contributed by atoms with Crippen LogP contribution >= 0.6 is 0 Å². The van der Waals surface area contributed by atoms with Gasteiger partial charge in [-0.15, -0.1) is 0 Å². The highest BCUT2D eigenvalue weighted by molar-refractivity contribution is 5.94. The molecule has 0 bridgehead atoms. The number of nitrogens with zero attached hydrogens (tertiary/aromatic N) is 2. The summed E-state index contributed by atoms with van der Waals surface area (Å²) in [6, 6.07) is 1.83. The maximum atomic E-state index is 12.8. The van der Waals surface area contributed by atoms with E-state index >= 15 is 0 Å². The standard InChI is InChI=1S/C18H26N4O3/c1-11-9-14(17(24)20-12(11)2)18(25)21-7-5-15-13(10-21)3-4-16(23)22(15)8-6-19/h9,13,15H,3-8,10,19H2,1-2H3,(H,20,24)/t13-,15+/m0/s1. The van der Waals surface area contributed by atoms with Crippen LogP contribution in [-0.4, -0.2) is 58.8 Å². The van der Waals surface area contributed by atoms with Gasteiger partial charge in [0.05, 0.1) is 0 Å². The normalized spacial score (nSPS) is 23.6. The second kappa shape index (κ2) is 7.00. The maximum Gasteiger partial charge on any atom is 0.261 e. The molecular formula is C18H26N4O3. The van der Waals surface area contributed by atoms with Crippen LogP contribution in [0.15, 0.2) is 10.9 Å². The van der Waals surface area contributed by atoms with Gasteiger partial charge >= 0.3 is 0 Å². The maximum absolute atomic E-state index is 12.8. The molecule has 0 radical (unpaired) electrons. The van der Waals surface area contributed by atoms with Gasteiger partial charge in [0.1, 0.15) is 5.56 Å². The number of piperidine rings is 2. The van der Waals surface area contributed by atoms with Gasteiger partial charge < -0.3 is 20.5 Å². The first kappa shape index (κ1) is 17.7. The van der Waals surface area contributed by atoms with Crippen LogP contribution in [0, 0.1) is 19.8 Å². The van der Waals surface area contributed by atoms with E-state index in [1.807, 2.05) is 18.7 Å². The van der Waals surface area contributed by atoms with E-state index in [0.29, 0.717) is 32.6 Å². The molecule has 2 aliphatic heterocycles. The van der Waals surface area contributed by atoms with Crippen molar-refractivity contribution in [2.45, 2.75) is 39.2 Å². The number of pyridine rings is 1. The van der Waals surface area contributed by atoms with Crippen molar-refractivity contribution in [3.63, 3.8) is 0 Å². The van der Waals surface area contributed by atoms with Gasteiger partial charge in [0, 0.05) is 44.3 Å². The molecule has 0 unspecified atom stereocenters. The lowest BCUT2D eigenvalue weighted by Gasteiger charge is -2.47. The number of H-pyrrole nitrogens is 1. The molecule has 7 heteroatoms. The minimum absolute atomic E-state index is 0.159. The Morgan fingerprint density at radius 2 is 2.08 bits per heavy atom. The predicted octanol–water partition coefficient (Wildman–Crippen LogP) is 0.404. The number of carbonyl (C=O) groups is 2. The second-order valence-corrected chi connectivity index (χ2v) is 7.10. The zero-order valence-electron chi connectivity index (χ0n) is 14.9. The minimum atomic E-state index is -0.334. The average molecular weight is 346 g/mol. The van der Waals surface area contributed by atoms with Gasteiger partial charge in [-0.3, -0.25) is 14.4 Å². The van der Waals surface area contributed by atoms with Crippen molar-refractivity contribution in [3.8, 4) is 0 Å². The fraction of sp³-hybridized carbons (Fsp3) is 0.611. The third kappa shape index (κ3) is 3.33. The van der Waals surface area contributed by atoms with E-state index in [1.54, 1.807) is 11.0 Å². The first-order valence-electron chi connectivity index (χ1n) is 8.91. The highest BCUT2D eigenvalue weighted by Gasteiger charge is 2.40. The minimum Gasteiger partial charge on any atom is -0.338 e. The lowest BCUT2D eigenvalue weighted by Crippen LogP contribution is -2.58. The molecule has 0 saturated carbocycles. The first-order valence-corrected chi connectivity index (χ1v) is 8.91. The molecule has 2 atom stereocenters. The summed E-state index contributed by atoms with van der Waals surface area (Å²) in [5.41, 5.74) is 7.19. The van der Waals surface area contributed by atoms with E-state index < -0.39 is 0 Å². The molecule has 2 saturated heterocycles. The number of nitrogens with one attached hydrogen (secondary N) is 1. The van der Waals surface area contributed by atoms with Crippen LogP contribution in [0.5, 0.6) is 0 Å². The fourth-order valence-electron chi connectivity index (χ4n) is 4.02. The second-order valence-electron chi connectivity index (χ2n) is 7.10. The number of carbonyl (C=O) groups excluding carboxylic acids is 2. The third-order valence-electron chi connectivity index (χ3n) is 5.53. The van der Waals surface area contributed by atoms with Gasteiger partial charge in [-0.2, -0.15) is 0 Å². The lowest BCUT2D eigenvalue weighted by atomic mass is 9.83. The van der Waals surface area contributed by atoms with Crippen LogP contribution in [0.25, 0.3) is 0 Å². The SMILES string of the molecule is Cc1cc(C(=O)N2CC[C@@H]3[C@@H](CCC(=O)N3CCN)C2)c(=O)[nH]c1C. The molecule has 2 aliphatic rings. The van der Waals surface area contributed by atoms with E-state index in [0.717, 1.165) is 24.1 Å². The van der Waals surface area contributed by atoms with Gasteiger partial charge in [-0.1, -0.05) is 0 Å². The van der Waals surface area contributed by atoms with Crippen molar-refractivity contribution < 1.29 is 9.59 Å². The summed E-state index contributed by atoms with van der Waals surface area (Å²) in [6.45, 7) is 5.87. The Bertz CT molecular complexity index is 742. The van der Waals surface area contributed by atoms with E-state index in [4.69, 9.17) is 5.73 Å². The smallest absolute Gasteiger partial charge is 0.261 e. The van der Waals surface area contributed by atoms with E-state index in [-0.39, 0.29) is 34.9 Å². The Hall–Kier alpha value is -2.15. The Balaban J connectivity index is 1.77. The largest absolute Gasteiger partial charge is 0.338 e. The van der Waals surface area contributed by atoms with Gasteiger partial charge in [0.15, 0.2) is 0 Å². The van der Waals surface area contributed by atoms with Crippen LogP contribution < -0.4 is 11.3 Å². The van der Waals surface area contributed by atoms with Gasteiger partial charge in [0.2, 0.25) is 5.91 Å². The van der Waals surface area contributed by atoms with Crippen molar-refractivity contribution in [3.05, 3.63) is 33.2 Å². The highest BCUT2D eigenvalue weighted by Crippen LogP contribution is 2.31. The van der Waals surface area contributed by atoms with Crippen molar-refractivity contribution in [2.24, 2.45) is 11.7 Å². The Morgan fingerprint density at radius 1 is 1.32 bits per heavy atom. The molecule has 136 valence electrons. The molecule has 25 heavy (non-hydrogen) atoms. The number of nitrogens with two attached hydrogens (primary N) is 1. The number of fused-ring (bicyclic) bond motifs is 1. The predicted molar refractivity (Wildman–Crippen MR) is 94.3 cm³/mol. The number of likely N-dealkylation sites (tertiary alicyclic amines) is 2. The molecule has 3 N–H and O–H groups in total. The number of aryl methyl sites for hydroxylation is 2. The molecule has 3 rings (SSSR count). The molecule has 1 aromatic heterocycles. The topological polar surface area (TPSA) is 99.5 Å². The van der Waals surface area contributed by atoms with Crippen LogP contribution in [0.2, 0.25) is 0 Å². The summed E-state index contributed by atoms with van der Waals surface area (Å²) in [7, 11) is 0. The monoisotopic (exact) mass is 346 g/mol. The number of rotatable bonds is 3. The number of hydrogen-bond donors (Lipinski definition) is 2. The molecule has 2 fully saturated rings. The Labute approximate surface area is 147 Å². The van der Waals surface area contributed by atoms with Gasteiger partial charge in [-0.25, -0.2) is 0 Å². The third-order valence-corrected chi connectivity index (χ3v) is 5.53. The van der Waals surface area contributed by atoms with E-state index in [1.165, 1.54) is 0 Å². The molecule has 0 aromatic carbocycles. The molecule has 2 amide bonds. The van der Waals surface area contributed by atoms with Crippen molar-refractivity contribution in [1.82, 2.24) is 14.8 Å². The quantitative estimate of drug-likeness (QED) is 0.828. The van der Waals surface area contributed by atoms with Crippen LogP contribution in [0.3, 0.4) is 0 Å². The first-order chi connectivity index (χ1) is 11.9. The number of aromatic nitrogens is 1. The summed E-state index contributed by atoms with van der Waals surface area (Å²) in [6.07, 6.45) is 2.04. The Kier molecular flexibility index (Phi) is 4.94. The summed E-state index contributed by atoms with van der Waals surface area (Å²) < 4.78 is 0. The zero-order chi connectivity index (χ0) is 18.1. The van der Waals surface area contributed by atoms with Gasteiger partial charge in [0.25, 0.3) is 11.5 Å². The highest BCUT2D eigenvalue weighted by atomic mass is 16.2. The van der Waals surface area contributed by atoms with Gasteiger partial charge in [-0.05, 0) is 44.2 Å². The number of aromatic amines is 1. The molecule has 7 nitrogen and oxygen atoms in total. The summed E-state index contributed by atoms with van der Waals surface area (Å²) in [5.74, 6) is 0.203. The molecular weight excluding hydrogens is 320 g/mol. The number of amides is 2. The lowest BCUT2D eigenvalue weighted by molar-refractivity contribution is -0.140. The zero-order valence-corrected chi connectivity index (χ0v) is 14.9. The fourth-order valence-corrected chi connectivity index (χ4v) is 4.02. The summed E-state index contributed by atoms with van der Waals surface area (Å²) in [5, 5.41) is 0. The van der Waals surface area contributed by atoms with Crippen LogP contribution in [0.4, 0.5) is 0 Å². The van der Waals surface area contributed by atoms with E-state index in [2.05, 4.69) is 4.98 Å². The summed E-state index contributed by atoms with van der Waals surface area (Å²) >= 11 is 0. The van der Waals surface area contributed by atoms with E-state index in [9.17, 15) is 14.4 Å². The Morgan fingerprint density at radius 3 is 2.80 bits per heavy atom. The van der Waals surface area contributed by atoms with Crippen molar-refractivity contribution in [1.29, 1.82) is 0 Å². The van der Waals surface area contributed by atoms with Crippen LogP contribution in [-0.2, 0) is 4.79 Å². The molecule has 1 aromatic rings. The van der Waals surface area contributed by atoms with Crippen molar-refractivity contribution >= 4 is 11.8 Å². The molecule has 3 heterocycles. The molecule has 0 spiro atoms.